The van der Waals surface area contributed by atoms with Crippen LogP contribution in [0.15, 0.2) is 36.7 Å². The molecule has 1 heterocycles. The van der Waals surface area contributed by atoms with Crippen molar-refractivity contribution in [3.8, 4) is 6.07 Å². The van der Waals surface area contributed by atoms with Crippen LogP contribution in [0.5, 0.6) is 0 Å². The predicted octanol–water partition coefficient (Wildman–Crippen LogP) is 1.93. The molecule has 19 heavy (non-hydrogen) atoms. The zero-order valence-corrected chi connectivity index (χ0v) is 10.7. The van der Waals surface area contributed by atoms with Crippen LogP contribution in [0.25, 0.3) is 0 Å². The highest BCUT2D eigenvalue weighted by Gasteiger charge is 2.17. The van der Waals surface area contributed by atoms with Gasteiger partial charge < -0.3 is 4.90 Å². The third-order valence-corrected chi connectivity index (χ3v) is 2.69. The third kappa shape index (κ3) is 2.58. The summed E-state index contributed by atoms with van der Waals surface area (Å²) in [5.41, 5.74) is 1.99. The summed E-state index contributed by atoms with van der Waals surface area (Å²) in [6.45, 7) is 1.80. The number of carbonyl (C=O) groups excluding carboxylic acids is 1. The maximum atomic E-state index is 12.2. The van der Waals surface area contributed by atoms with Gasteiger partial charge in [0.05, 0.1) is 23.1 Å². The van der Waals surface area contributed by atoms with Crippen molar-refractivity contribution in [3.63, 3.8) is 0 Å². The van der Waals surface area contributed by atoms with Crippen molar-refractivity contribution in [2.24, 2.45) is 0 Å². The minimum Gasteiger partial charge on any atom is -0.309 e. The molecule has 0 radical (unpaired) electrons. The molecule has 0 spiro atoms. The van der Waals surface area contributed by atoms with Crippen LogP contribution >= 0.6 is 0 Å². The maximum absolute atomic E-state index is 12.2. The van der Waals surface area contributed by atoms with E-state index >= 15 is 0 Å². The zero-order valence-electron chi connectivity index (χ0n) is 10.7. The lowest BCUT2D eigenvalue weighted by Crippen LogP contribution is -2.28. The molecule has 1 aromatic carbocycles. The van der Waals surface area contributed by atoms with Gasteiger partial charge in [0.2, 0.25) is 0 Å². The van der Waals surface area contributed by atoms with Gasteiger partial charge in [-0.05, 0) is 19.1 Å². The van der Waals surface area contributed by atoms with Gasteiger partial charge in [0.1, 0.15) is 11.8 Å². The van der Waals surface area contributed by atoms with Crippen LogP contribution in [0.1, 0.15) is 21.7 Å². The van der Waals surface area contributed by atoms with E-state index in [2.05, 4.69) is 16.0 Å². The number of nitriles is 1. The molecule has 2 rings (SSSR count). The van der Waals surface area contributed by atoms with E-state index < -0.39 is 0 Å². The maximum Gasteiger partial charge on any atom is 0.278 e. The first-order valence-corrected chi connectivity index (χ1v) is 5.69. The Hall–Kier alpha value is -2.74. The molecule has 0 atom stereocenters. The average Bonchev–Trinajstić information content (AvgIpc) is 2.46. The lowest BCUT2D eigenvalue weighted by atomic mass is 10.1. The van der Waals surface area contributed by atoms with E-state index in [1.165, 1.54) is 17.3 Å². The molecular weight excluding hydrogens is 240 g/mol. The van der Waals surface area contributed by atoms with Gasteiger partial charge in [-0.3, -0.25) is 9.78 Å². The molecule has 1 amide bonds. The van der Waals surface area contributed by atoms with E-state index in [-0.39, 0.29) is 11.6 Å². The summed E-state index contributed by atoms with van der Waals surface area (Å²) in [5.74, 6) is -0.296. The fourth-order valence-electron chi connectivity index (χ4n) is 1.64. The van der Waals surface area contributed by atoms with Gasteiger partial charge in [-0.2, -0.15) is 5.26 Å². The molecule has 0 fully saturated rings. The lowest BCUT2D eigenvalue weighted by Gasteiger charge is -2.17. The largest absolute Gasteiger partial charge is 0.309 e. The van der Waals surface area contributed by atoms with Crippen molar-refractivity contribution in [2.45, 2.75) is 6.92 Å². The fourth-order valence-corrected chi connectivity index (χ4v) is 1.64. The minimum atomic E-state index is -0.296. The SMILES string of the molecule is Cc1cnc(C(=O)N(C)c2ccccc2C#N)cn1. The first-order chi connectivity index (χ1) is 9.13. The number of hydrogen-bond donors (Lipinski definition) is 0. The van der Waals surface area contributed by atoms with Crippen LogP contribution in [0, 0.1) is 18.3 Å². The summed E-state index contributed by atoms with van der Waals surface area (Å²) in [5, 5.41) is 9.04. The van der Waals surface area contributed by atoms with Crippen molar-refractivity contribution in [1.82, 2.24) is 9.97 Å². The summed E-state index contributed by atoms with van der Waals surface area (Å²) in [6, 6.07) is 8.98. The highest BCUT2D eigenvalue weighted by atomic mass is 16.2. The van der Waals surface area contributed by atoms with E-state index in [0.29, 0.717) is 11.3 Å². The Morgan fingerprint density at radius 1 is 1.26 bits per heavy atom. The summed E-state index contributed by atoms with van der Waals surface area (Å²) >= 11 is 0. The normalized spacial score (nSPS) is 9.74. The summed E-state index contributed by atoms with van der Waals surface area (Å²) < 4.78 is 0. The Labute approximate surface area is 111 Å². The highest BCUT2D eigenvalue weighted by molar-refractivity contribution is 6.04. The van der Waals surface area contributed by atoms with Gasteiger partial charge in [0, 0.05) is 13.2 Å². The van der Waals surface area contributed by atoms with Crippen LogP contribution in [0.4, 0.5) is 5.69 Å². The quantitative estimate of drug-likeness (QED) is 0.818. The first-order valence-electron chi connectivity index (χ1n) is 5.69. The number of anilines is 1. The van der Waals surface area contributed by atoms with Crippen LogP contribution in [-0.2, 0) is 0 Å². The Balaban J connectivity index is 2.34. The molecule has 2 aromatic rings. The third-order valence-electron chi connectivity index (χ3n) is 2.69. The highest BCUT2D eigenvalue weighted by Crippen LogP contribution is 2.19. The van der Waals surface area contributed by atoms with E-state index in [9.17, 15) is 4.79 Å². The molecule has 0 aliphatic rings. The second-order valence-electron chi connectivity index (χ2n) is 4.04. The number of carbonyl (C=O) groups is 1. The average molecular weight is 252 g/mol. The summed E-state index contributed by atoms with van der Waals surface area (Å²) in [4.78, 5) is 21.7. The summed E-state index contributed by atoms with van der Waals surface area (Å²) in [6.07, 6.45) is 2.97. The van der Waals surface area contributed by atoms with Gasteiger partial charge in [-0.15, -0.1) is 0 Å². The van der Waals surface area contributed by atoms with Crippen molar-refractivity contribution < 1.29 is 4.79 Å². The number of amides is 1. The lowest BCUT2D eigenvalue weighted by molar-refractivity contribution is 0.0988. The number of aromatic nitrogens is 2. The van der Waals surface area contributed by atoms with E-state index in [1.54, 1.807) is 38.2 Å². The van der Waals surface area contributed by atoms with Crippen LogP contribution in [0.3, 0.4) is 0 Å². The van der Waals surface area contributed by atoms with Crippen LogP contribution < -0.4 is 4.90 Å². The smallest absolute Gasteiger partial charge is 0.278 e. The number of nitrogens with zero attached hydrogens (tertiary/aromatic N) is 4. The molecule has 94 valence electrons. The molecule has 0 aliphatic heterocycles. The number of hydrogen-bond acceptors (Lipinski definition) is 4. The molecule has 1 aromatic heterocycles. The van der Waals surface area contributed by atoms with Gasteiger partial charge in [-0.1, -0.05) is 12.1 Å². The first kappa shape index (κ1) is 12.7. The van der Waals surface area contributed by atoms with Crippen molar-refractivity contribution in [3.05, 3.63) is 53.6 Å². The van der Waals surface area contributed by atoms with Crippen LogP contribution in [-0.4, -0.2) is 22.9 Å². The molecule has 0 N–H and O–H groups in total. The second kappa shape index (κ2) is 5.27. The van der Waals surface area contributed by atoms with Gasteiger partial charge in [0.25, 0.3) is 5.91 Å². The van der Waals surface area contributed by atoms with Crippen molar-refractivity contribution in [2.75, 3.05) is 11.9 Å². The summed E-state index contributed by atoms with van der Waals surface area (Å²) in [7, 11) is 1.61. The molecule has 5 heteroatoms. The Bertz CT molecular complexity index is 643. The van der Waals surface area contributed by atoms with E-state index in [4.69, 9.17) is 5.26 Å². The minimum absolute atomic E-state index is 0.251. The number of rotatable bonds is 2. The molecule has 0 unspecified atom stereocenters. The monoisotopic (exact) mass is 252 g/mol. The van der Waals surface area contributed by atoms with E-state index in [1.807, 2.05) is 0 Å². The second-order valence-corrected chi connectivity index (χ2v) is 4.04. The molecule has 5 nitrogen and oxygen atoms in total. The number of para-hydroxylation sites is 1. The number of benzene rings is 1. The molecule has 0 saturated heterocycles. The van der Waals surface area contributed by atoms with Crippen molar-refractivity contribution >= 4 is 11.6 Å². The van der Waals surface area contributed by atoms with Gasteiger partial charge in [-0.25, -0.2) is 4.98 Å². The van der Waals surface area contributed by atoms with Crippen molar-refractivity contribution in [1.29, 1.82) is 5.26 Å². The van der Waals surface area contributed by atoms with Crippen LogP contribution in [0.2, 0.25) is 0 Å². The molecule has 0 saturated carbocycles. The van der Waals surface area contributed by atoms with Gasteiger partial charge >= 0.3 is 0 Å². The molecular formula is C14H12N4O. The van der Waals surface area contributed by atoms with E-state index in [0.717, 1.165) is 5.69 Å². The Kier molecular flexibility index (Phi) is 3.53. The van der Waals surface area contributed by atoms with Gasteiger partial charge in [0.15, 0.2) is 0 Å². The Morgan fingerprint density at radius 2 is 2.00 bits per heavy atom. The number of aryl methyl sites for hydroxylation is 1. The standard InChI is InChI=1S/C14H12N4O/c1-10-8-17-12(9-16-10)14(19)18(2)13-6-4-3-5-11(13)7-15/h3-6,8-9H,1-2H3. The topological polar surface area (TPSA) is 69.9 Å². The predicted molar refractivity (Wildman–Crippen MR) is 70.7 cm³/mol. The molecule has 0 bridgehead atoms. The molecule has 0 aliphatic carbocycles. The fraction of sp³-hybridized carbons (Fsp3) is 0.143. The zero-order chi connectivity index (χ0) is 13.8. The Morgan fingerprint density at radius 3 is 2.63 bits per heavy atom.